The van der Waals surface area contributed by atoms with Crippen LogP contribution in [0.1, 0.15) is 26.3 Å². The van der Waals surface area contributed by atoms with Crippen molar-refractivity contribution >= 4 is 23.5 Å². The third-order valence-electron chi connectivity index (χ3n) is 2.63. The highest BCUT2D eigenvalue weighted by molar-refractivity contribution is 7.80. The molecule has 0 saturated carbocycles. The molecule has 0 bridgehead atoms. The van der Waals surface area contributed by atoms with E-state index in [2.05, 4.69) is 36.3 Å². The normalized spacial score (nSPS) is 10.6. The molecule has 0 aliphatic heterocycles. The van der Waals surface area contributed by atoms with Gasteiger partial charge >= 0.3 is 0 Å². The van der Waals surface area contributed by atoms with Crippen LogP contribution in [0.2, 0.25) is 0 Å². The van der Waals surface area contributed by atoms with Gasteiger partial charge in [0.2, 0.25) is 0 Å². The molecule has 0 atom stereocenters. The Hall–Kier alpha value is -2.08. The van der Waals surface area contributed by atoms with Crippen LogP contribution < -0.4 is 20.2 Å². The van der Waals surface area contributed by atoms with Gasteiger partial charge in [0.05, 0.1) is 19.4 Å². The molecule has 5 nitrogen and oxygen atoms in total. The highest BCUT2D eigenvalue weighted by atomic mass is 32.1. The van der Waals surface area contributed by atoms with Crippen LogP contribution in [0, 0.1) is 5.92 Å². The molecule has 23 heavy (non-hydrogen) atoms. The van der Waals surface area contributed by atoms with Crippen molar-refractivity contribution in [1.82, 2.24) is 10.7 Å². The molecule has 2 N–H and O–H groups in total. The molecular weight excluding hydrogens is 310 g/mol. The maximum atomic E-state index is 5.77. The molecule has 0 saturated heterocycles. The first-order chi connectivity index (χ1) is 11.1. The van der Waals surface area contributed by atoms with Gasteiger partial charge in [-0.1, -0.05) is 19.9 Å². The van der Waals surface area contributed by atoms with E-state index >= 15 is 0 Å². The highest BCUT2D eigenvalue weighted by Crippen LogP contribution is 2.28. The van der Waals surface area contributed by atoms with E-state index in [1.807, 2.05) is 25.1 Å². The van der Waals surface area contributed by atoms with E-state index in [1.165, 1.54) is 0 Å². The maximum Gasteiger partial charge on any atom is 0.187 e. The number of ether oxygens (including phenoxy) is 2. The van der Waals surface area contributed by atoms with Crippen molar-refractivity contribution in [1.29, 1.82) is 0 Å². The molecule has 0 amide bonds. The summed E-state index contributed by atoms with van der Waals surface area (Å²) in [5.41, 5.74) is 3.63. The summed E-state index contributed by atoms with van der Waals surface area (Å²) in [4.78, 5) is 0. The van der Waals surface area contributed by atoms with Crippen LogP contribution in [0.3, 0.4) is 0 Å². The van der Waals surface area contributed by atoms with E-state index in [1.54, 1.807) is 12.3 Å². The van der Waals surface area contributed by atoms with Crippen molar-refractivity contribution in [3.8, 4) is 11.5 Å². The summed E-state index contributed by atoms with van der Waals surface area (Å²) in [6.07, 6.45) is 3.40. The van der Waals surface area contributed by atoms with Gasteiger partial charge in [0.15, 0.2) is 16.6 Å². The number of rotatable bonds is 9. The third-order valence-corrected chi connectivity index (χ3v) is 2.86. The van der Waals surface area contributed by atoms with E-state index in [0.29, 0.717) is 36.5 Å². The molecule has 6 heteroatoms. The van der Waals surface area contributed by atoms with Gasteiger partial charge in [0.1, 0.15) is 0 Å². The molecule has 0 fully saturated rings. The quantitative estimate of drug-likeness (QED) is 0.314. The summed E-state index contributed by atoms with van der Waals surface area (Å²) >= 11 is 5.05. The molecule has 1 aromatic carbocycles. The Morgan fingerprint density at radius 2 is 2.13 bits per heavy atom. The Balaban J connectivity index is 2.70. The Morgan fingerprint density at radius 1 is 1.35 bits per heavy atom. The molecule has 0 aliphatic carbocycles. The standard InChI is InChI=1S/C17H25N3O2S/c1-5-9-18-17(23)20-19-11-14-7-8-15(22-12-13(3)4)16(10-14)21-6-2/h5,7-8,10-11,13H,1,6,9,12H2,2-4H3,(H2,18,20,23). The topological polar surface area (TPSA) is 54.9 Å². The number of thiocarbonyl (C=S) groups is 1. The first-order valence-electron chi connectivity index (χ1n) is 7.64. The molecule has 0 spiro atoms. The number of benzene rings is 1. The van der Waals surface area contributed by atoms with Crippen LogP contribution >= 0.6 is 12.2 Å². The molecule has 1 aromatic rings. The predicted molar refractivity (Wildman–Crippen MR) is 99.5 cm³/mol. The van der Waals surface area contributed by atoms with Gasteiger partial charge in [-0.25, -0.2) is 0 Å². The lowest BCUT2D eigenvalue weighted by atomic mass is 10.2. The smallest absolute Gasteiger partial charge is 0.187 e. The second kappa shape index (κ2) is 10.6. The fourth-order valence-electron chi connectivity index (χ4n) is 1.62. The fraction of sp³-hybridized carbons (Fsp3) is 0.412. The number of nitrogens with one attached hydrogen (secondary N) is 2. The zero-order chi connectivity index (χ0) is 17.1. The first-order valence-corrected chi connectivity index (χ1v) is 8.05. The summed E-state index contributed by atoms with van der Waals surface area (Å²) < 4.78 is 11.4. The molecule has 1 rings (SSSR count). The molecule has 0 aliphatic rings. The first kappa shape index (κ1) is 19.0. The Labute approximate surface area is 143 Å². The van der Waals surface area contributed by atoms with Crippen LogP contribution in [-0.2, 0) is 0 Å². The van der Waals surface area contributed by atoms with Crippen molar-refractivity contribution in [2.45, 2.75) is 20.8 Å². The van der Waals surface area contributed by atoms with Crippen LogP contribution in [0.15, 0.2) is 36.0 Å². The SMILES string of the molecule is C=CCNC(=S)NN=Cc1ccc(OCC(C)C)c(OCC)c1. The van der Waals surface area contributed by atoms with Crippen LogP contribution in [-0.4, -0.2) is 31.1 Å². The van der Waals surface area contributed by atoms with Crippen molar-refractivity contribution < 1.29 is 9.47 Å². The number of nitrogens with zero attached hydrogens (tertiary/aromatic N) is 1. The average Bonchev–Trinajstić information content (AvgIpc) is 2.52. The van der Waals surface area contributed by atoms with E-state index in [9.17, 15) is 0 Å². The number of hydrogen-bond donors (Lipinski definition) is 2. The zero-order valence-corrected chi connectivity index (χ0v) is 14.8. The fourth-order valence-corrected chi connectivity index (χ4v) is 1.75. The minimum absolute atomic E-state index is 0.447. The number of hydrazone groups is 1. The largest absolute Gasteiger partial charge is 0.490 e. The van der Waals surface area contributed by atoms with E-state index in [-0.39, 0.29) is 0 Å². The van der Waals surface area contributed by atoms with Gasteiger partial charge in [-0.05, 0) is 48.8 Å². The average molecular weight is 335 g/mol. The van der Waals surface area contributed by atoms with Crippen LogP contribution in [0.4, 0.5) is 0 Å². The molecular formula is C17H25N3O2S. The Bertz CT molecular complexity index is 545. The van der Waals surface area contributed by atoms with E-state index in [0.717, 1.165) is 11.3 Å². The lowest BCUT2D eigenvalue weighted by molar-refractivity contribution is 0.248. The molecule has 0 heterocycles. The van der Waals surface area contributed by atoms with Gasteiger partial charge in [-0.2, -0.15) is 5.10 Å². The minimum atomic E-state index is 0.447. The molecule has 0 radical (unpaired) electrons. The van der Waals surface area contributed by atoms with E-state index < -0.39 is 0 Å². The van der Waals surface area contributed by atoms with Gasteiger partial charge in [0, 0.05) is 6.54 Å². The van der Waals surface area contributed by atoms with Crippen molar-refractivity contribution in [2.24, 2.45) is 11.0 Å². The van der Waals surface area contributed by atoms with Gasteiger partial charge in [-0.3, -0.25) is 5.43 Å². The summed E-state index contributed by atoms with van der Waals surface area (Å²) in [7, 11) is 0. The van der Waals surface area contributed by atoms with E-state index in [4.69, 9.17) is 21.7 Å². The number of hydrogen-bond acceptors (Lipinski definition) is 4. The van der Waals surface area contributed by atoms with Gasteiger partial charge in [-0.15, -0.1) is 6.58 Å². The minimum Gasteiger partial charge on any atom is -0.490 e. The summed E-state index contributed by atoms with van der Waals surface area (Å²) in [5, 5.41) is 7.47. The monoisotopic (exact) mass is 335 g/mol. The van der Waals surface area contributed by atoms with Crippen molar-refractivity contribution in [2.75, 3.05) is 19.8 Å². The second-order valence-corrected chi connectivity index (χ2v) is 5.62. The van der Waals surface area contributed by atoms with Gasteiger partial charge < -0.3 is 14.8 Å². The van der Waals surface area contributed by atoms with Crippen LogP contribution in [0.25, 0.3) is 0 Å². The lowest BCUT2D eigenvalue weighted by Crippen LogP contribution is -2.31. The predicted octanol–water partition coefficient (Wildman–Crippen LogP) is 3.10. The Morgan fingerprint density at radius 3 is 2.78 bits per heavy atom. The third kappa shape index (κ3) is 7.65. The van der Waals surface area contributed by atoms with Crippen molar-refractivity contribution in [3.63, 3.8) is 0 Å². The van der Waals surface area contributed by atoms with Gasteiger partial charge in [0.25, 0.3) is 0 Å². The summed E-state index contributed by atoms with van der Waals surface area (Å²) in [6.45, 7) is 11.6. The molecule has 0 aromatic heterocycles. The second-order valence-electron chi connectivity index (χ2n) is 5.21. The lowest BCUT2D eigenvalue weighted by Gasteiger charge is -2.13. The molecule has 126 valence electrons. The molecule has 0 unspecified atom stereocenters. The highest BCUT2D eigenvalue weighted by Gasteiger charge is 2.07. The zero-order valence-electron chi connectivity index (χ0n) is 14.0. The van der Waals surface area contributed by atoms with Crippen LogP contribution in [0.5, 0.6) is 11.5 Å². The van der Waals surface area contributed by atoms with Crippen molar-refractivity contribution in [3.05, 3.63) is 36.4 Å². The summed E-state index contributed by atoms with van der Waals surface area (Å²) in [5.74, 6) is 1.91. The summed E-state index contributed by atoms with van der Waals surface area (Å²) in [6, 6.07) is 5.71. The maximum absolute atomic E-state index is 5.77. The Kier molecular flexibility index (Phi) is 8.75.